The van der Waals surface area contributed by atoms with Crippen LogP contribution in [0.1, 0.15) is 51.0 Å². The molecule has 0 saturated heterocycles. The minimum atomic E-state index is -0.487. The summed E-state index contributed by atoms with van der Waals surface area (Å²) in [4.78, 5) is 10.5. The lowest BCUT2D eigenvalue weighted by atomic mass is 10.0. The van der Waals surface area contributed by atoms with E-state index in [1.165, 1.54) is 44.1 Å². The Kier molecular flexibility index (Phi) is 10.8. The molecule has 0 heterocycles. The van der Waals surface area contributed by atoms with Crippen LogP contribution in [0.3, 0.4) is 0 Å². The number of carbonyl (C=O) groups excluding carboxylic acids is 1. The van der Waals surface area contributed by atoms with E-state index >= 15 is 0 Å². The van der Waals surface area contributed by atoms with Crippen LogP contribution in [-0.2, 0) is 16.0 Å². The third-order valence-electron chi connectivity index (χ3n) is 3.45. The molecular weight excluding hydrogens is 300 g/mol. The van der Waals surface area contributed by atoms with E-state index in [2.05, 4.69) is 19.1 Å². The van der Waals surface area contributed by atoms with Gasteiger partial charge in [0.05, 0.1) is 6.61 Å². The second-order valence-electron chi connectivity index (χ2n) is 5.42. The van der Waals surface area contributed by atoms with Crippen molar-refractivity contribution in [2.24, 2.45) is 0 Å². The maximum atomic E-state index is 10.5. The van der Waals surface area contributed by atoms with Gasteiger partial charge in [0.1, 0.15) is 19.0 Å². The lowest BCUT2D eigenvalue weighted by molar-refractivity contribution is -0.116. The Hall–Kier alpha value is -1.06. The maximum Gasteiger partial charge on any atom is 0.247 e. The third kappa shape index (κ3) is 9.80. The molecule has 0 bridgehead atoms. The predicted octanol–water partition coefficient (Wildman–Crippen LogP) is 4.75. The molecule has 0 radical (unpaired) electrons. The van der Waals surface area contributed by atoms with E-state index in [0.29, 0.717) is 13.2 Å². The van der Waals surface area contributed by atoms with Crippen LogP contribution in [0, 0.1) is 0 Å². The molecule has 0 spiro atoms. The fraction of sp³-hybridized carbons (Fsp3) is 0.611. The molecule has 0 saturated carbocycles. The van der Waals surface area contributed by atoms with Crippen LogP contribution in [0.25, 0.3) is 0 Å². The zero-order valence-electron chi connectivity index (χ0n) is 13.5. The summed E-state index contributed by atoms with van der Waals surface area (Å²) in [6.07, 6.45) is 9.07. The number of rotatable bonds is 13. The van der Waals surface area contributed by atoms with Crippen LogP contribution in [0.4, 0.5) is 0 Å². The van der Waals surface area contributed by atoms with Gasteiger partial charge in [-0.3, -0.25) is 4.79 Å². The molecule has 0 aliphatic heterocycles. The quantitative estimate of drug-likeness (QED) is 0.387. The van der Waals surface area contributed by atoms with Crippen LogP contribution in [0.15, 0.2) is 24.3 Å². The van der Waals surface area contributed by atoms with Crippen molar-refractivity contribution in [1.82, 2.24) is 0 Å². The van der Waals surface area contributed by atoms with Gasteiger partial charge in [-0.15, -0.1) is 0 Å². The summed E-state index contributed by atoms with van der Waals surface area (Å²) in [5.41, 5.74) is 1.35. The fourth-order valence-electron chi connectivity index (χ4n) is 2.23. The molecule has 1 aromatic carbocycles. The molecule has 0 aliphatic carbocycles. The molecule has 22 heavy (non-hydrogen) atoms. The van der Waals surface area contributed by atoms with Gasteiger partial charge in [0, 0.05) is 0 Å². The first kappa shape index (κ1) is 19.0. The van der Waals surface area contributed by atoms with E-state index in [1.54, 1.807) is 0 Å². The van der Waals surface area contributed by atoms with Crippen LogP contribution in [-0.4, -0.2) is 25.1 Å². The highest BCUT2D eigenvalue weighted by molar-refractivity contribution is 6.63. The Morgan fingerprint density at radius 3 is 2.36 bits per heavy atom. The van der Waals surface area contributed by atoms with Crippen molar-refractivity contribution in [2.45, 2.75) is 51.9 Å². The summed E-state index contributed by atoms with van der Waals surface area (Å²) in [6.45, 7) is 2.95. The molecule has 0 atom stereocenters. The average Bonchev–Trinajstić information content (AvgIpc) is 2.51. The molecule has 0 aromatic heterocycles. The van der Waals surface area contributed by atoms with Gasteiger partial charge in [0.15, 0.2) is 0 Å². The molecule has 0 fully saturated rings. The van der Waals surface area contributed by atoms with E-state index < -0.39 is 5.24 Å². The predicted molar refractivity (Wildman–Crippen MR) is 90.7 cm³/mol. The molecule has 3 nitrogen and oxygen atoms in total. The first-order valence-electron chi connectivity index (χ1n) is 8.20. The molecule has 4 heteroatoms. The van der Waals surface area contributed by atoms with Gasteiger partial charge in [-0.2, -0.15) is 0 Å². The summed E-state index contributed by atoms with van der Waals surface area (Å²) < 4.78 is 10.6. The molecule has 0 aliphatic rings. The van der Waals surface area contributed by atoms with Gasteiger partial charge in [-0.1, -0.05) is 51.2 Å². The molecule has 124 valence electrons. The second kappa shape index (κ2) is 12.5. The Labute approximate surface area is 139 Å². The zero-order valence-corrected chi connectivity index (χ0v) is 14.2. The number of aryl methyl sites for hydroxylation is 1. The van der Waals surface area contributed by atoms with Gasteiger partial charge in [0.25, 0.3) is 0 Å². The highest BCUT2D eigenvalue weighted by Crippen LogP contribution is 2.15. The molecule has 0 N–H and O–H groups in total. The molecular formula is C18H27ClO3. The second-order valence-corrected chi connectivity index (χ2v) is 5.84. The van der Waals surface area contributed by atoms with Crippen LogP contribution in [0.5, 0.6) is 5.75 Å². The van der Waals surface area contributed by atoms with E-state index in [9.17, 15) is 4.79 Å². The summed E-state index contributed by atoms with van der Waals surface area (Å²) in [7, 11) is 0. The van der Waals surface area contributed by atoms with Gasteiger partial charge in [-0.25, -0.2) is 0 Å². The van der Waals surface area contributed by atoms with Gasteiger partial charge >= 0.3 is 0 Å². The number of ether oxygens (including phenoxy) is 2. The minimum Gasteiger partial charge on any atom is -0.491 e. The number of unbranched alkanes of at least 4 members (excludes halogenated alkanes) is 5. The molecule has 0 unspecified atom stereocenters. The van der Waals surface area contributed by atoms with Crippen molar-refractivity contribution in [3.8, 4) is 5.75 Å². The van der Waals surface area contributed by atoms with Gasteiger partial charge in [-0.05, 0) is 42.1 Å². The molecule has 1 aromatic rings. The van der Waals surface area contributed by atoms with Gasteiger partial charge < -0.3 is 9.47 Å². The average molecular weight is 327 g/mol. The Morgan fingerprint density at radius 1 is 1.00 bits per heavy atom. The number of hydrogen-bond acceptors (Lipinski definition) is 3. The number of carbonyl (C=O) groups is 1. The highest BCUT2D eigenvalue weighted by Gasteiger charge is 1.98. The summed E-state index contributed by atoms with van der Waals surface area (Å²) >= 11 is 5.16. The fourth-order valence-corrected chi connectivity index (χ4v) is 2.31. The van der Waals surface area contributed by atoms with Crippen LogP contribution in [0.2, 0.25) is 0 Å². The first-order chi connectivity index (χ1) is 10.7. The Bertz CT molecular complexity index is 403. The maximum absolute atomic E-state index is 10.5. The van der Waals surface area contributed by atoms with Gasteiger partial charge in [0.2, 0.25) is 5.24 Å². The monoisotopic (exact) mass is 326 g/mol. The van der Waals surface area contributed by atoms with Crippen molar-refractivity contribution >= 4 is 16.8 Å². The number of benzene rings is 1. The molecule has 1 rings (SSSR count). The van der Waals surface area contributed by atoms with E-state index in [1.807, 2.05) is 12.1 Å². The lowest BCUT2D eigenvalue weighted by Gasteiger charge is -2.07. The largest absolute Gasteiger partial charge is 0.491 e. The van der Waals surface area contributed by atoms with Crippen LogP contribution >= 0.6 is 11.6 Å². The van der Waals surface area contributed by atoms with Crippen molar-refractivity contribution in [3.63, 3.8) is 0 Å². The number of hydrogen-bond donors (Lipinski definition) is 0. The summed E-state index contributed by atoms with van der Waals surface area (Å²) in [5.74, 6) is 0.826. The summed E-state index contributed by atoms with van der Waals surface area (Å²) in [6, 6.07) is 8.20. The number of halogens is 1. The SMILES string of the molecule is CCCCCCCCc1ccc(OCCOCC(=O)Cl)cc1. The Balaban J connectivity index is 2.10. The van der Waals surface area contributed by atoms with E-state index in [-0.39, 0.29) is 6.61 Å². The third-order valence-corrected chi connectivity index (χ3v) is 3.56. The highest BCUT2D eigenvalue weighted by atomic mass is 35.5. The zero-order chi connectivity index (χ0) is 16.0. The van der Waals surface area contributed by atoms with Crippen molar-refractivity contribution in [2.75, 3.05) is 19.8 Å². The standard InChI is InChI=1S/C18H27ClO3/c1-2-3-4-5-6-7-8-16-9-11-17(12-10-16)22-14-13-21-15-18(19)20/h9-12H,2-8,13-15H2,1H3. The topological polar surface area (TPSA) is 35.5 Å². The van der Waals surface area contributed by atoms with Crippen molar-refractivity contribution < 1.29 is 14.3 Å². The smallest absolute Gasteiger partial charge is 0.247 e. The summed E-state index contributed by atoms with van der Waals surface area (Å²) in [5, 5.41) is -0.487. The van der Waals surface area contributed by atoms with Crippen molar-refractivity contribution in [3.05, 3.63) is 29.8 Å². The minimum absolute atomic E-state index is 0.0674. The Morgan fingerprint density at radius 2 is 1.68 bits per heavy atom. The molecule has 0 amide bonds. The first-order valence-corrected chi connectivity index (χ1v) is 8.58. The van der Waals surface area contributed by atoms with E-state index in [0.717, 1.165) is 12.2 Å². The lowest BCUT2D eigenvalue weighted by Crippen LogP contribution is -2.10. The van der Waals surface area contributed by atoms with Crippen LogP contribution < -0.4 is 4.74 Å². The van der Waals surface area contributed by atoms with E-state index in [4.69, 9.17) is 21.1 Å². The normalized spacial score (nSPS) is 10.6. The van der Waals surface area contributed by atoms with Crippen molar-refractivity contribution in [1.29, 1.82) is 0 Å².